The molecule has 1 aromatic rings. The number of aryl methyl sites for hydroxylation is 1. The van der Waals surface area contributed by atoms with Gasteiger partial charge < -0.3 is 10.2 Å². The van der Waals surface area contributed by atoms with Gasteiger partial charge in [-0.05, 0) is 32.7 Å². The molecule has 2 fully saturated rings. The van der Waals surface area contributed by atoms with Gasteiger partial charge in [-0.2, -0.15) is 0 Å². The molecular weight excluding hydrogens is 272 g/mol. The van der Waals surface area contributed by atoms with Gasteiger partial charge in [0.25, 0.3) is 0 Å². The highest BCUT2D eigenvalue weighted by atomic mass is 35.5. The van der Waals surface area contributed by atoms with Crippen LogP contribution in [0.3, 0.4) is 0 Å². The molecule has 0 radical (unpaired) electrons. The molecule has 5 heteroatoms. The molecule has 20 heavy (non-hydrogen) atoms. The summed E-state index contributed by atoms with van der Waals surface area (Å²) in [6.45, 7) is 2.05. The summed E-state index contributed by atoms with van der Waals surface area (Å²) in [4.78, 5) is 11.3. The summed E-state index contributed by atoms with van der Waals surface area (Å²) in [6.07, 6.45) is 7.26. The Kier molecular flexibility index (Phi) is 4.13. The quantitative estimate of drug-likeness (QED) is 0.870. The van der Waals surface area contributed by atoms with Crippen LogP contribution in [0.2, 0.25) is 5.15 Å². The predicted molar refractivity (Wildman–Crippen MR) is 82.3 cm³/mol. The first kappa shape index (κ1) is 14.1. The molecular formula is C15H23ClN4. The van der Waals surface area contributed by atoms with Crippen molar-refractivity contribution in [2.45, 2.75) is 63.6 Å². The lowest BCUT2D eigenvalue weighted by Gasteiger charge is -2.47. The van der Waals surface area contributed by atoms with Crippen LogP contribution in [0.5, 0.6) is 0 Å². The van der Waals surface area contributed by atoms with E-state index in [9.17, 15) is 0 Å². The molecule has 2 aliphatic rings. The smallest absolute Gasteiger partial charge is 0.134 e. The Morgan fingerprint density at radius 1 is 1.30 bits per heavy atom. The third kappa shape index (κ3) is 2.91. The highest BCUT2D eigenvalue weighted by Gasteiger charge is 2.35. The van der Waals surface area contributed by atoms with Crippen LogP contribution in [0.25, 0.3) is 0 Å². The van der Waals surface area contributed by atoms with E-state index in [0.29, 0.717) is 11.2 Å². The van der Waals surface area contributed by atoms with Crippen LogP contribution < -0.4 is 5.32 Å². The number of halogens is 1. The van der Waals surface area contributed by atoms with E-state index in [1.165, 1.54) is 32.1 Å². The van der Waals surface area contributed by atoms with Gasteiger partial charge >= 0.3 is 0 Å². The van der Waals surface area contributed by atoms with Crippen LogP contribution in [-0.4, -0.2) is 40.0 Å². The van der Waals surface area contributed by atoms with E-state index >= 15 is 0 Å². The van der Waals surface area contributed by atoms with Gasteiger partial charge in [-0.25, -0.2) is 9.97 Å². The average Bonchev–Trinajstić information content (AvgIpc) is 2.39. The lowest BCUT2D eigenvalue weighted by molar-refractivity contribution is 0.0608. The maximum absolute atomic E-state index is 6.07. The molecule has 2 saturated heterocycles. The van der Waals surface area contributed by atoms with Crippen molar-refractivity contribution in [3.8, 4) is 0 Å². The first-order valence-electron chi connectivity index (χ1n) is 7.67. The van der Waals surface area contributed by atoms with E-state index in [4.69, 9.17) is 11.6 Å². The summed E-state index contributed by atoms with van der Waals surface area (Å²) in [5.74, 6) is 1.70. The van der Waals surface area contributed by atoms with Gasteiger partial charge in [0.2, 0.25) is 0 Å². The number of hydrogen-bond donors (Lipinski definition) is 1. The molecule has 110 valence electrons. The van der Waals surface area contributed by atoms with Gasteiger partial charge in [-0.1, -0.05) is 24.9 Å². The fourth-order valence-electron chi connectivity index (χ4n) is 3.64. The van der Waals surface area contributed by atoms with Crippen LogP contribution in [0.4, 0.5) is 5.82 Å². The second-order valence-corrected chi connectivity index (χ2v) is 6.45. The molecule has 0 aromatic carbocycles. The maximum Gasteiger partial charge on any atom is 0.134 e. The van der Waals surface area contributed by atoms with Crippen LogP contribution in [0.1, 0.15) is 44.9 Å². The van der Waals surface area contributed by atoms with Crippen LogP contribution in [0.15, 0.2) is 6.07 Å². The summed E-state index contributed by atoms with van der Waals surface area (Å²) in [5.41, 5.74) is 0. The van der Waals surface area contributed by atoms with Gasteiger partial charge in [0.15, 0.2) is 0 Å². The van der Waals surface area contributed by atoms with Crippen molar-refractivity contribution >= 4 is 17.4 Å². The van der Waals surface area contributed by atoms with Gasteiger partial charge in [0.05, 0.1) is 0 Å². The number of nitrogens with one attached hydrogen (secondary N) is 1. The Bertz CT molecular complexity index is 465. The molecule has 1 N–H and O–H groups in total. The first-order valence-corrected chi connectivity index (χ1v) is 8.05. The number of hydrogen-bond acceptors (Lipinski definition) is 4. The third-order valence-electron chi connectivity index (χ3n) is 4.75. The van der Waals surface area contributed by atoms with Crippen LogP contribution >= 0.6 is 11.6 Å². The zero-order valence-corrected chi connectivity index (χ0v) is 13.0. The van der Waals surface area contributed by atoms with Gasteiger partial charge in [-0.15, -0.1) is 0 Å². The Morgan fingerprint density at radius 3 is 2.65 bits per heavy atom. The number of nitrogens with zero attached hydrogens (tertiary/aromatic N) is 3. The van der Waals surface area contributed by atoms with E-state index in [1.807, 2.05) is 6.07 Å². The fourth-order valence-corrected chi connectivity index (χ4v) is 3.84. The zero-order valence-electron chi connectivity index (χ0n) is 12.3. The summed E-state index contributed by atoms with van der Waals surface area (Å²) < 4.78 is 0. The summed E-state index contributed by atoms with van der Waals surface area (Å²) in [7, 11) is 2.28. The van der Waals surface area contributed by atoms with Crippen molar-refractivity contribution in [2.24, 2.45) is 0 Å². The molecule has 2 atom stereocenters. The van der Waals surface area contributed by atoms with Crippen molar-refractivity contribution in [1.29, 1.82) is 0 Å². The average molecular weight is 295 g/mol. The number of rotatable bonds is 3. The lowest BCUT2D eigenvalue weighted by atomic mass is 9.82. The molecule has 3 rings (SSSR count). The van der Waals surface area contributed by atoms with Gasteiger partial charge in [0.1, 0.15) is 16.8 Å². The second-order valence-electron chi connectivity index (χ2n) is 6.06. The van der Waals surface area contributed by atoms with E-state index in [-0.39, 0.29) is 0 Å². The Balaban J connectivity index is 1.70. The molecule has 2 aliphatic heterocycles. The summed E-state index contributed by atoms with van der Waals surface area (Å²) in [5, 5.41) is 4.12. The van der Waals surface area contributed by atoms with Crippen molar-refractivity contribution in [1.82, 2.24) is 14.9 Å². The first-order chi connectivity index (χ1) is 9.65. The lowest BCUT2D eigenvalue weighted by Crippen LogP contribution is -2.52. The fraction of sp³-hybridized carbons (Fsp3) is 0.733. The molecule has 2 bridgehead atoms. The molecule has 2 unspecified atom stereocenters. The second kappa shape index (κ2) is 5.86. The van der Waals surface area contributed by atoms with Crippen molar-refractivity contribution < 1.29 is 0 Å². The Morgan fingerprint density at radius 2 is 2.00 bits per heavy atom. The molecule has 0 saturated carbocycles. The summed E-state index contributed by atoms with van der Waals surface area (Å²) in [6, 6.07) is 3.80. The van der Waals surface area contributed by atoms with Gasteiger partial charge in [0, 0.05) is 30.6 Å². The third-order valence-corrected chi connectivity index (χ3v) is 4.94. The van der Waals surface area contributed by atoms with E-state index < -0.39 is 0 Å². The Hall–Kier alpha value is -0.870. The maximum atomic E-state index is 6.07. The predicted octanol–water partition coefficient (Wildman–Crippen LogP) is 3.12. The minimum absolute atomic E-state index is 0.511. The number of aromatic nitrogens is 2. The molecule has 0 aliphatic carbocycles. The normalized spacial score (nSPS) is 30.2. The summed E-state index contributed by atoms with van der Waals surface area (Å²) >= 11 is 6.07. The topological polar surface area (TPSA) is 41.1 Å². The molecule has 0 amide bonds. The minimum atomic E-state index is 0.511. The van der Waals surface area contributed by atoms with Crippen LogP contribution in [-0.2, 0) is 6.42 Å². The number of fused-ring (bicyclic) bond motifs is 2. The standard InChI is InChI=1S/C15H23ClN4/c1-3-14-18-13(16)9-15(19-14)17-10-7-11-5-4-6-12(8-10)20(11)2/h9-12H,3-8H2,1-2H3,(H,17,18,19). The van der Waals surface area contributed by atoms with Gasteiger partial charge in [-0.3, -0.25) is 0 Å². The molecule has 1 aromatic heterocycles. The highest BCUT2D eigenvalue weighted by Crippen LogP contribution is 2.33. The number of piperidine rings is 2. The van der Waals surface area contributed by atoms with Crippen molar-refractivity contribution in [3.63, 3.8) is 0 Å². The van der Waals surface area contributed by atoms with Crippen molar-refractivity contribution in [2.75, 3.05) is 12.4 Å². The molecule has 3 heterocycles. The van der Waals surface area contributed by atoms with Crippen molar-refractivity contribution in [3.05, 3.63) is 17.0 Å². The number of anilines is 1. The minimum Gasteiger partial charge on any atom is -0.367 e. The van der Waals surface area contributed by atoms with Crippen LogP contribution in [0, 0.1) is 0 Å². The SMILES string of the molecule is CCc1nc(Cl)cc(NC2CC3CCCC(C2)N3C)n1. The van der Waals surface area contributed by atoms with E-state index in [1.54, 1.807) is 0 Å². The Labute approximate surface area is 125 Å². The largest absolute Gasteiger partial charge is 0.367 e. The highest BCUT2D eigenvalue weighted by molar-refractivity contribution is 6.29. The zero-order chi connectivity index (χ0) is 14.1. The van der Waals surface area contributed by atoms with E-state index in [0.717, 1.165) is 30.1 Å². The molecule has 4 nitrogen and oxygen atoms in total. The monoisotopic (exact) mass is 294 g/mol. The van der Waals surface area contributed by atoms with E-state index in [2.05, 4.69) is 34.2 Å². The molecule has 0 spiro atoms.